The first kappa shape index (κ1) is 24.9. The fraction of sp³-hybridized carbons (Fsp3) is 0.393. The quantitative estimate of drug-likeness (QED) is 0.508. The van der Waals surface area contributed by atoms with Crippen LogP contribution in [0.2, 0.25) is 0 Å². The molecular formula is C28H34N6OS. The molecule has 1 N–H and O–H groups in total. The number of nitrogens with zero attached hydrogens (tertiary/aromatic N) is 5. The summed E-state index contributed by atoms with van der Waals surface area (Å²) in [6.45, 7) is 5.45. The lowest BCUT2D eigenvalue weighted by atomic mass is 10.0. The molecule has 2 unspecified atom stereocenters. The fourth-order valence-corrected chi connectivity index (χ4v) is 6.60. The molecule has 3 aromatic rings. The molecule has 4 heterocycles. The highest BCUT2D eigenvalue weighted by molar-refractivity contribution is 7.99. The van der Waals surface area contributed by atoms with Crippen molar-refractivity contribution >= 4 is 17.7 Å². The van der Waals surface area contributed by atoms with E-state index in [9.17, 15) is 4.79 Å². The number of carbonyl (C=O) groups is 1. The lowest BCUT2D eigenvalue weighted by Gasteiger charge is -2.39. The van der Waals surface area contributed by atoms with Crippen LogP contribution in [0, 0.1) is 0 Å². The topological polar surface area (TPSA) is 64.6 Å². The Bertz CT molecular complexity index is 1060. The van der Waals surface area contributed by atoms with Crippen LogP contribution in [0.5, 0.6) is 0 Å². The second-order valence-corrected chi connectivity index (χ2v) is 10.5. The van der Waals surface area contributed by atoms with Crippen LogP contribution in [-0.4, -0.2) is 88.7 Å². The van der Waals surface area contributed by atoms with Gasteiger partial charge in [-0.3, -0.25) is 29.5 Å². The fourth-order valence-electron chi connectivity index (χ4n) is 5.14. The molecule has 3 atom stereocenters. The molecule has 2 saturated heterocycles. The minimum atomic E-state index is -0.109. The monoisotopic (exact) mass is 502 g/mol. The van der Waals surface area contributed by atoms with Gasteiger partial charge in [0.25, 0.3) is 0 Å². The highest BCUT2D eigenvalue weighted by Gasteiger charge is 2.36. The molecule has 2 aliphatic rings. The molecule has 0 radical (unpaired) electrons. The van der Waals surface area contributed by atoms with E-state index in [-0.39, 0.29) is 23.4 Å². The maximum absolute atomic E-state index is 12.9. The number of rotatable bonds is 8. The second-order valence-electron chi connectivity index (χ2n) is 9.39. The molecule has 0 saturated carbocycles. The maximum Gasteiger partial charge on any atom is 0.238 e. The van der Waals surface area contributed by atoms with Crippen LogP contribution in [0.3, 0.4) is 0 Å². The van der Waals surface area contributed by atoms with Gasteiger partial charge in [-0.1, -0.05) is 42.5 Å². The highest BCUT2D eigenvalue weighted by Crippen LogP contribution is 2.39. The van der Waals surface area contributed by atoms with Gasteiger partial charge in [0, 0.05) is 63.6 Å². The predicted octanol–water partition coefficient (Wildman–Crippen LogP) is 3.05. The Hall–Kier alpha value is -2.78. The molecule has 1 aromatic carbocycles. The highest BCUT2D eigenvalue weighted by atomic mass is 32.2. The van der Waals surface area contributed by atoms with Gasteiger partial charge in [0.2, 0.25) is 5.91 Å². The summed E-state index contributed by atoms with van der Waals surface area (Å²) in [6, 6.07) is 20.9. The smallest absolute Gasteiger partial charge is 0.238 e. The number of carbonyl (C=O) groups excluding carboxylic acids is 1. The Labute approximate surface area is 217 Å². The van der Waals surface area contributed by atoms with E-state index in [1.54, 1.807) is 18.0 Å². The van der Waals surface area contributed by atoms with Crippen molar-refractivity contribution in [3.05, 3.63) is 96.1 Å². The molecule has 0 bridgehead atoms. The average Bonchev–Trinajstić information content (AvgIpc) is 3.33. The van der Waals surface area contributed by atoms with Crippen molar-refractivity contribution in [2.45, 2.75) is 17.5 Å². The zero-order chi connectivity index (χ0) is 24.7. The molecule has 7 nitrogen and oxygen atoms in total. The van der Waals surface area contributed by atoms with Crippen LogP contribution >= 0.6 is 11.8 Å². The summed E-state index contributed by atoms with van der Waals surface area (Å²) < 4.78 is 0. The maximum atomic E-state index is 12.9. The van der Waals surface area contributed by atoms with Gasteiger partial charge in [-0.25, -0.2) is 0 Å². The van der Waals surface area contributed by atoms with Crippen molar-refractivity contribution < 1.29 is 4.79 Å². The molecule has 188 valence electrons. The number of hydrogen-bond donors (Lipinski definition) is 1. The molecule has 2 aliphatic heterocycles. The summed E-state index contributed by atoms with van der Waals surface area (Å²) in [4.78, 5) is 29.0. The Morgan fingerprint density at radius 2 is 1.83 bits per heavy atom. The molecule has 0 spiro atoms. The van der Waals surface area contributed by atoms with Crippen LogP contribution in [-0.2, 0) is 4.79 Å². The zero-order valence-corrected chi connectivity index (χ0v) is 21.6. The van der Waals surface area contributed by atoms with Crippen LogP contribution in [0.25, 0.3) is 0 Å². The number of benzene rings is 1. The van der Waals surface area contributed by atoms with Crippen molar-refractivity contribution in [3.8, 4) is 0 Å². The number of likely N-dealkylation sites (N-methyl/N-ethyl adjacent to an activating group) is 1. The first-order valence-corrected chi connectivity index (χ1v) is 13.7. The number of nitrogens with one attached hydrogen (secondary N) is 1. The van der Waals surface area contributed by atoms with E-state index in [1.165, 1.54) is 5.56 Å². The van der Waals surface area contributed by atoms with Crippen LogP contribution in [0.4, 0.5) is 0 Å². The van der Waals surface area contributed by atoms with Crippen molar-refractivity contribution in [3.63, 3.8) is 0 Å². The summed E-state index contributed by atoms with van der Waals surface area (Å²) in [5.41, 5.74) is 3.52. The van der Waals surface area contributed by atoms with Gasteiger partial charge in [0.15, 0.2) is 0 Å². The Kier molecular flexibility index (Phi) is 8.28. The first-order chi connectivity index (χ1) is 17.7. The van der Waals surface area contributed by atoms with Gasteiger partial charge < -0.3 is 5.32 Å². The number of piperazine rings is 1. The van der Waals surface area contributed by atoms with Crippen LogP contribution in [0.1, 0.15) is 28.2 Å². The summed E-state index contributed by atoms with van der Waals surface area (Å²) in [5.74, 6) is 0.920. The molecule has 0 aliphatic carbocycles. The lowest BCUT2D eigenvalue weighted by molar-refractivity contribution is -0.125. The van der Waals surface area contributed by atoms with E-state index in [2.05, 4.69) is 78.5 Å². The van der Waals surface area contributed by atoms with Gasteiger partial charge in [0.05, 0.1) is 23.2 Å². The number of aromatic nitrogens is 2. The van der Waals surface area contributed by atoms with Crippen LogP contribution < -0.4 is 5.32 Å². The minimum absolute atomic E-state index is 0.109. The van der Waals surface area contributed by atoms with E-state index < -0.39 is 0 Å². The molecule has 5 rings (SSSR count). The molecule has 8 heteroatoms. The van der Waals surface area contributed by atoms with E-state index in [0.717, 1.165) is 49.7 Å². The van der Waals surface area contributed by atoms with Crippen molar-refractivity contribution in [1.29, 1.82) is 0 Å². The third-order valence-electron chi connectivity index (χ3n) is 7.13. The lowest BCUT2D eigenvalue weighted by Crippen LogP contribution is -2.50. The van der Waals surface area contributed by atoms with Crippen molar-refractivity contribution in [1.82, 2.24) is 30.0 Å². The van der Waals surface area contributed by atoms with E-state index in [1.807, 2.05) is 31.6 Å². The summed E-state index contributed by atoms with van der Waals surface area (Å²) in [5, 5.41) is 3.36. The Balaban J connectivity index is 1.10. The third kappa shape index (κ3) is 5.78. The molecule has 36 heavy (non-hydrogen) atoms. The summed E-state index contributed by atoms with van der Waals surface area (Å²) in [7, 11) is 2.03. The zero-order valence-electron chi connectivity index (χ0n) is 20.7. The van der Waals surface area contributed by atoms with Gasteiger partial charge in [0.1, 0.15) is 0 Å². The standard InChI is InChI=1S/C28H34N6OS/c1-32-25(21-36-28(32)23-10-7-12-29-20-23)27(35)31-14-15-33-16-18-34(19-17-33)26(22-8-3-2-4-9-22)24-11-5-6-13-30-24/h2-13,20,25-26,28H,14-19,21H2,1H3,(H,31,35)/t25-,26?,28?/m0/s1. The number of pyridine rings is 2. The van der Waals surface area contributed by atoms with Gasteiger partial charge in [-0.2, -0.15) is 0 Å². The van der Waals surface area contributed by atoms with Crippen LogP contribution in [0.15, 0.2) is 79.3 Å². The SMILES string of the molecule is CN1C(c2cccnc2)SC[C@H]1C(=O)NCCN1CCN(C(c2ccccc2)c2ccccn2)CC1. The molecule has 1 amide bonds. The third-order valence-corrected chi connectivity index (χ3v) is 8.56. The molecule has 2 aromatic heterocycles. The molecular weight excluding hydrogens is 468 g/mol. The van der Waals surface area contributed by atoms with E-state index >= 15 is 0 Å². The summed E-state index contributed by atoms with van der Waals surface area (Å²) in [6.07, 6.45) is 5.56. The molecule has 2 fully saturated rings. The Morgan fingerprint density at radius 1 is 1.03 bits per heavy atom. The number of amides is 1. The average molecular weight is 503 g/mol. The number of hydrogen-bond acceptors (Lipinski definition) is 7. The van der Waals surface area contributed by atoms with Gasteiger partial charge in [-0.15, -0.1) is 11.8 Å². The minimum Gasteiger partial charge on any atom is -0.353 e. The summed E-state index contributed by atoms with van der Waals surface area (Å²) >= 11 is 1.80. The van der Waals surface area contributed by atoms with Crippen molar-refractivity contribution in [2.24, 2.45) is 0 Å². The Morgan fingerprint density at radius 3 is 2.56 bits per heavy atom. The van der Waals surface area contributed by atoms with E-state index in [0.29, 0.717) is 6.54 Å². The second kappa shape index (κ2) is 12.0. The van der Waals surface area contributed by atoms with Crippen molar-refractivity contribution in [2.75, 3.05) is 52.1 Å². The predicted molar refractivity (Wildman–Crippen MR) is 145 cm³/mol. The van der Waals surface area contributed by atoms with Gasteiger partial charge in [-0.05, 0) is 36.4 Å². The number of thioether (sulfide) groups is 1. The first-order valence-electron chi connectivity index (χ1n) is 12.6. The van der Waals surface area contributed by atoms with Gasteiger partial charge >= 0.3 is 0 Å². The largest absolute Gasteiger partial charge is 0.353 e. The normalized spacial score (nSPS) is 22.4. The van der Waals surface area contributed by atoms with E-state index in [4.69, 9.17) is 0 Å².